The molecule has 0 unspecified atom stereocenters. The fraction of sp³-hybridized carbons (Fsp3) is 0.500. The molecule has 1 amide bonds. The van der Waals surface area contributed by atoms with Gasteiger partial charge in [-0.05, 0) is 51.1 Å². The molecular formula is C20H27N3O2. The van der Waals surface area contributed by atoms with E-state index in [0.29, 0.717) is 6.04 Å². The number of aromatic nitrogens is 1. The van der Waals surface area contributed by atoms with Crippen molar-refractivity contribution >= 4 is 22.6 Å². The van der Waals surface area contributed by atoms with Crippen molar-refractivity contribution in [2.75, 3.05) is 25.0 Å². The van der Waals surface area contributed by atoms with Crippen LogP contribution in [0.3, 0.4) is 0 Å². The van der Waals surface area contributed by atoms with Crippen LogP contribution >= 0.6 is 0 Å². The number of hydrogen-bond donors (Lipinski definition) is 0. The molecule has 1 aromatic heterocycles. The van der Waals surface area contributed by atoms with Crippen molar-refractivity contribution in [2.24, 2.45) is 0 Å². The van der Waals surface area contributed by atoms with Crippen LogP contribution in [0.25, 0.3) is 10.8 Å². The molecule has 0 bridgehead atoms. The largest absolute Gasteiger partial charge is 0.444 e. The van der Waals surface area contributed by atoms with Gasteiger partial charge in [-0.1, -0.05) is 12.1 Å². The number of fused-ring (bicyclic) bond motifs is 1. The quantitative estimate of drug-likeness (QED) is 0.826. The number of hydrogen-bond acceptors (Lipinski definition) is 4. The molecule has 5 nitrogen and oxygen atoms in total. The van der Waals surface area contributed by atoms with E-state index in [4.69, 9.17) is 4.74 Å². The SMILES string of the molecule is CN(c1cccc2ccncc12)C1CCN(C(=O)OC(C)(C)C)CC1. The summed E-state index contributed by atoms with van der Waals surface area (Å²) in [7, 11) is 2.13. The first-order chi connectivity index (χ1) is 11.8. The third-order valence-electron chi connectivity index (χ3n) is 4.70. The van der Waals surface area contributed by atoms with Crippen molar-refractivity contribution in [1.82, 2.24) is 9.88 Å². The Morgan fingerprint density at radius 2 is 1.96 bits per heavy atom. The summed E-state index contributed by atoms with van der Waals surface area (Å²) in [6.07, 6.45) is 5.42. The minimum Gasteiger partial charge on any atom is -0.444 e. The topological polar surface area (TPSA) is 45.7 Å². The van der Waals surface area contributed by atoms with Crippen LogP contribution < -0.4 is 4.90 Å². The highest BCUT2D eigenvalue weighted by molar-refractivity contribution is 5.93. The lowest BCUT2D eigenvalue weighted by Gasteiger charge is -2.38. The molecule has 1 saturated heterocycles. The van der Waals surface area contributed by atoms with Crippen LogP contribution in [0.5, 0.6) is 0 Å². The smallest absolute Gasteiger partial charge is 0.410 e. The fourth-order valence-corrected chi connectivity index (χ4v) is 3.36. The second-order valence-electron chi connectivity index (χ2n) is 7.68. The number of carbonyl (C=O) groups is 1. The van der Waals surface area contributed by atoms with Gasteiger partial charge in [0.05, 0.1) is 0 Å². The number of benzene rings is 1. The average Bonchev–Trinajstić information content (AvgIpc) is 2.59. The zero-order chi connectivity index (χ0) is 18.0. The van der Waals surface area contributed by atoms with E-state index in [9.17, 15) is 4.79 Å². The van der Waals surface area contributed by atoms with Gasteiger partial charge in [-0.25, -0.2) is 4.79 Å². The summed E-state index contributed by atoms with van der Waals surface area (Å²) in [5.41, 5.74) is 0.752. The number of nitrogens with zero attached hydrogens (tertiary/aromatic N) is 3. The molecule has 1 aliphatic heterocycles. The van der Waals surface area contributed by atoms with Crippen LogP contribution in [-0.4, -0.2) is 47.8 Å². The van der Waals surface area contributed by atoms with Crippen molar-refractivity contribution in [2.45, 2.75) is 45.3 Å². The molecule has 2 heterocycles. The first-order valence-corrected chi connectivity index (χ1v) is 8.89. The van der Waals surface area contributed by atoms with E-state index in [1.165, 1.54) is 16.5 Å². The Balaban J connectivity index is 1.67. The maximum absolute atomic E-state index is 12.2. The van der Waals surface area contributed by atoms with E-state index in [-0.39, 0.29) is 6.09 Å². The predicted octanol–water partition coefficient (Wildman–Crippen LogP) is 4.07. The van der Waals surface area contributed by atoms with E-state index in [1.807, 2.05) is 44.1 Å². The molecule has 3 rings (SSSR count). The molecule has 0 radical (unpaired) electrons. The van der Waals surface area contributed by atoms with Crippen molar-refractivity contribution < 1.29 is 9.53 Å². The summed E-state index contributed by atoms with van der Waals surface area (Å²) >= 11 is 0. The Morgan fingerprint density at radius 1 is 1.24 bits per heavy atom. The zero-order valence-corrected chi connectivity index (χ0v) is 15.5. The Kier molecular flexibility index (Phi) is 4.84. The van der Waals surface area contributed by atoms with E-state index in [2.05, 4.69) is 35.1 Å². The molecule has 0 N–H and O–H groups in total. The highest BCUT2D eigenvalue weighted by Gasteiger charge is 2.28. The number of pyridine rings is 1. The normalized spacial score (nSPS) is 16.1. The van der Waals surface area contributed by atoms with Gasteiger partial charge in [0.2, 0.25) is 0 Å². The number of likely N-dealkylation sites (tertiary alicyclic amines) is 1. The standard InChI is InChI=1S/C20H27N3O2/c1-20(2,3)25-19(24)23-12-9-16(10-13-23)22(4)18-7-5-6-15-8-11-21-14-17(15)18/h5-8,11,14,16H,9-10,12-13H2,1-4H3. The second kappa shape index (κ2) is 6.90. The number of anilines is 1. The van der Waals surface area contributed by atoms with Crippen LogP contribution in [-0.2, 0) is 4.74 Å². The molecule has 0 spiro atoms. The number of ether oxygens (including phenoxy) is 1. The van der Waals surface area contributed by atoms with Crippen molar-refractivity contribution in [3.8, 4) is 0 Å². The zero-order valence-electron chi connectivity index (χ0n) is 15.5. The molecule has 1 fully saturated rings. The minimum atomic E-state index is -0.444. The van der Waals surface area contributed by atoms with Gasteiger partial charge >= 0.3 is 6.09 Å². The number of amides is 1. The summed E-state index contributed by atoms with van der Waals surface area (Å²) in [6, 6.07) is 8.79. The van der Waals surface area contributed by atoms with Gasteiger partial charge in [0.15, 0.2) is 0 Å². The lowest BCUT2D eigenvalue weighted by atomic mass is 10.0. The molecule has 0 atom stereocenters. The Bertz CT molecular complexity index is 741. The highest BCUT2D eigenvalue weighted by Crippen LogP contribution is 2.29. The third kappa shape index (κ3) is 4.03. The van der Waals surface area contributed by atoms with Crippen molar-refractivity contribution in [1.29, 1.82) is 0 Å². The monoisotopic (exact) mass is 341 g/mol. The molecule has 1 aromatic carbocycles. The van der Waals surface area contributed by atoms with Gasteiger partial charge in [-0.15, -0.1) is 0 Å². The Hall–Kier alpha value is -2.30. The fourth-order valence-electron chi connectivity index (χ4n) is 3.36. The summed E-state index contributed by atoms with van der Waals surface area (Å²) in [4.78, 5) is 20.6. The van der Waals surface area contributed by atoms with Gasteiger partial charge in [-0.3, -0.25) is 4.98 Å². The summed E-state index contributed by atoms with van der Waals surface area (Å²) in [6.45, 7) is 7.17. The van der Waals surface area contributed by atoms with E-state index < -0.39 is 5.60 Å². The second-order valence-corrected chi connectivity index (χ2v) is 7.68. The van der Waals surface area contributed by atoms with E-state index >= 15 is 0 Å². The molecule has 5 heteroatoms. The molecule has 25 heavy (non-hydrogen) atoms. The van der Waals surface area contributed by atoms with Crippen LogP contribution in [0.15, 0.2) is 36.7 Å². The highest BCUT2D eigenvalue weighted by atomic mass is 16.6. The van der Waals surface area contributed by atoms with E-state index in [0.717, 1.165) is 25.9 Å². The molecule has 0 aliphatic carbocycles. The van der Waals surface area contributed by atoms with Crippen molar-refractivity contribution in [3.05, 3.63) is 36.7 Å². The average molecular weight is 341 g/mol. The minimum absolute atomic E-state index is 0.206. The summed E-state index contributed by atoms with van der Waals surface area (Å²) in [5, 5.41) is 2.37. The lowest BCUT2D eigenvalue weighted by molar-refractivity contribution is 0.0205. The molecule has 1 aliphatic rings. The van der Waals surface area contributed by atoms with Gasteiger partial charge in [0.25, 0.3) is 0 Å². The summed E-state index contributed by atoms with van der Waals surface area (Å²) < 4.78 is 5.48. The molecule has 0 saturated carbocycles. The van der Waals surface area contributed by atoms with Crippen LogP contribution in [0.1, 0.15) is 33.6 Å². The van der Waals surface area contributed by atoms with Gasteiger partial charge in [-0.2, -0.15) is 0 Å². The number of piperidine rings is 1. The Labute approximate surface area is 149 Å². The Morgan fingerprint density at radius 3 is 2.64 bits per heavy atom. The molecular weight excluding hydrogens is 314 g/mol. The number of rotatable bonds is 2. The van der Waals surface area contributed by atoms with Gasteiger partial charge in [0, 0.05) is 49.6 Å². The first-order valence-electron chi connectivity index (χ1n) is 8.89. The maximum Gasteiger partial charge on any atom is 0.410 e. The van der Waals surface area contributed by atoms with E-state index in [1.54, 1.807) is 0 Å². The third-order valence-corrected chi connectivity index (χ3v) is 4.70. The number of carbonyl (C=O) groups excluding carboxylic acids is 1. The molecule has 2 aromatic rings. The molecule has 134 valence electrons. The van der Waals surface area contributed by atoms with Gasteiger partial charge < -0.3 is 14.5 Å². The van der Waals surface area contributed by atoms with Gasteiger partial charge in [0.1, 0.15) is 5.60 Å². The predicted molar refractivity (Wildman–Crippen MR) is 101 cm³/mol. The van der Waals surface area contributed by atoms with Crippen LogP contribution in [0.4, 0.5) is 10.5 Å². The van der Waals surface area contributed by atoms with Crippen LogP contribution in [0.2, 0.25) is 0 Å². The maximum atomic E-state index is 12.2. The first kappa shape index (κ1) is 17.5. The van der Waals surface area contributed by atoms with Crippen LogP contribution in [0, 0.1) is 0 Å². The van der Waals surface area contributed by atoms with Crippen molar-refractivity contribution in [3.63, 3.8) is 0 Å². The lowest BCUT2D eigenvalue weighted by Crippen LogP contribution is -2.47. The summed E-state index contributed by atoms with van der Waals surface area (Å²) in [5.74, 6) is 0.